The molecule has 5 nitrogen and oxygen atoms in total. The maximum absolute atomic E-state index is 12.6. The Labute approximate surface area is 119 Å². The van der Waals surface area contributed by atoms with Crippen molar-refractivity contribution in [1.29, 1.82) is 0 Å². The molecule has 0 bridgehead atoms. The van der Waals surface area contributed by atoms with Gasteiger partial charge in [0.25, 0.3) is 5.91 Å². The lowest BCUT2D eigenvalue weighted by atomic mass is 10.1. The van der Waals surface area contributed by atoms with E-state index in [4.69, 9.17) is 0 Å². The molecule has 0 spiro atoms. The third-order valence-electron chi connectivity index (χ3n) is 3.62. The molecule has 6 heteroatoms. The quantitative estimate of drug-likeness (QED) is 0.779. The highest BCUT2D eigenvalue weighted by atomic mass is 79.9. The van der Waals surface area contributed by atoms with Crippen molar-refractivity contribution in [1.82, 2.24) is 9.80 Å². The molecule has 2 amide bonds. The van der Waals surface area contributed by atoms with Crippen LogP contribution >= 0.6 is 15.9 Å². The Kier molecular flexibility index (Phi) is 3.06. The average molecular weight is 324 g/mol. The standard InChI is InChI=1S/C13H14BrN3O2/c1-16-4-5-17-11(7-16)12(18)15-10-3-2-8(14)6-9(10)13(17)19/h2-3,6,11H,4-5,7H2,1H3,(H,15,18). The highest BCUT2D eigenvalue weighted by Gasteiger charge is 2.38. The van der Waals surface area contributed by atoms with E-state index in [9.17, 15) is 9.59 Å². The second-order valence-electron chi connectivity index (χ2n) is 4.96. The van der Waals surface area contributed by atoms with E-state index in [1.807, 2.05) is 13.1 Å². The predicted molar refractivity (Wildman–Crippen MR) is 75.1 cm³/mol. The number of nitrogens with zero attached hydrogens (tertiary/aromatic N) is 2. The van der Waals surface area contributed by atoms with Crippen LogP contribution in [0.15, 0.2) is 22.7 Å². The summed E-state index contributed by atoms with van der Waals surface area (Å²) >= 11 is 3.36. The maximum atomic E-state index is 12.6. The van der Waals surface area contributed by atoms with Crippen molar-refractivity contribution in [3.63, 3.8) is 0 Å². The van der Waals surface area contributed by atoms with Crippen LogP contribution in [0.5, 0.6) is 0 Å². The van der Waals surface area contributed by atoms with Gasteiger partial charge in [0.1, 0.15) is 6.04 Å². The van der Waals surface area contributed by atoms with E-state index in [1.54, 1.807) is 17.0 Å². The van der Waals surface area contributed by atoms with Crippen molar-refractivity contribution >= 4 is 33.4 Å². The molecule has 0 aromatic heterocycles. The van der Waals surface area contributed by atoms with Gasteiger partial charge in [-0.25, -0.2) is 0 Å². The van der Waals surface area contributed by atoms with Gasteiger partial charge in [0.15, 0.2) is 0 Å². The van der Waals surface area contributed by atoms with Gasteiger partial charge in [0, 0.05) is 24.1 Å². The second-order valence-corrected chi connectivity index (χ2v) is 5.87. The highest BCUT2D eigenvalue weighted by Crippen LogP contribution is 2.27. The summed E-state index contributed by atoms with van der Waals surface area (Å²) in [6.07, 6.45) is 0. The van der Waals surface area contributed by atoms with Crippen LogP contribution in [0.4, 0.5) is 5.69 Å². The molecule has 1 aromatic carbocycles. The first-order valence-corrected chi connectivity index (χ1v) is 6.95. The average Bonchev–Trinajstić information content (AvgIpc) is 2.48. The second kappa shape index (κ2) is 4.61. The fourth-order valence-electron chi connectivity index (χ4n) is 2.56. The number of anilines is 1. The van der Waals surface area contributed by atoms with E-state index in [0.717, 1.165) is 11.0 Å². The van der Waals surface area contributed by atoms with Crippen LogP contribution in [-0.4, -0.2) is 54.3 Å². The monoisotopic (exact) mass is 323 g/mol. The molecule has 2 aliphatic heterocycles. The van der Waals surface area contributed by atoms with Gasteiger partial charge < -0.3 is 15.1 Å². The smallest absolute Gasteiger partial charge is 0.256 e. The number of carbonyl (C=O) groups is 2. The van der Waals surface area contributed by atoms with Gasteiger partial charge in [-0.2, -0.15) is 0 Å². The minimum atomic E-state index is -0.405. The van der Waals surface area contributed by atoms with Crippen molar-refractivity contribution in [2.24, 2.45) is 0 Å². The summed E-state index contributed by atoms with van der Waals surface area (Å²) in [5, 5.41) is 2.85. The number of rotatable bonds is 0. The van der Waals surface area contributed by atoms with Crippen LogP contribution in [0.3, 0.4) is 0 Å². The zero-order valence-corrected chi connectivity index (χ0v) is 12.1. The van der Waals surface area contributed by atoms with E-state index in [0.29, 0.717) is 24.3 Å². The van der Waals surface area contributed by atoms with Crippen LogP contribution in [0.25, 0.3) is 0 Å². The Balaban J connectivity index is 2.05. The number of fused-ring (bicyclic) bond motifs is 2. The zero-order valence-electron chi connectivity index (χ0n) is 10.5. The Morgan fingerprint density at radius 2 is 2.11 bits per heavy atom. The fourth-order valence-corrected chi connectivity index (χ4v) is 2.92. The predicted octanol–water partition coefficient (Wildman–Crippen LogP) is 1.16. The summed E-state index contributed by atoms with van der Waals surface area (Å²) in [7, 11) is 1.96. The molecule has 1 N–H and O–H groups in total. The third kappa shape index (κ3) is 2.15. The number of hydrogen-bond donors (Lipinski definition) is 1. The van der Waals surface area contributed by atoms with Gasteiger partial charge in [-0.15, -0.1) is 0 Å². The zero-order chi connectivity index (χ0) is 13.6. The number of hydrogen-bond acceptors (Lipinski definition) is 3. The van der Waals surface area contributed by atoms with Crippen LogP contribution in [-0.2, 0) is 4.79 Å². The number of carbonyl (C=O) groups excluding carboxylic acids is 2. The highest BCUT2D eigenvalue weighted by molar-refractivity contribution is 9.10. The minimum absolute atomic E-state index is 0.0762. The lowest BCUT2D eigenvalue weighted by Gasteiger charge is -2.37. The van der Waals surface area contributed by atoms with Crippen LogP contribution < -0.4 is 5.32 Å². The number of likely N-dealkylation sites (N-methyl/N-ethyl adjacent to an activating group) is 1. The molecule has 3 rings (SSSR count). The molecule has 1 saturated heterocycles. The van der Waals surface area contributed by atoms with Crippen LogP contribution in [0.1, 0.15) is 10.4 Å². The van der Waals surface area contributed by atoms with Crippen molar-refractivity contribution in [2.75, 3.05) is 32.0 Å². The molecular formula is C13H14BrN3O2. The van der Waals surface area contributed by atoms with Crippen LogP contribution in [0, 0.1) is 0 Å². The first kappa shape index (κ1) is 12.6. The molecule has 1 atom stereocenters. The van der Waals surface area contributed by atoms with E-state index in [-0.39, 0.29) is 11.8 Å². The summed E-state index contributed by atoms with van der Waals surface area (Å²) in [6.45, 7) is 1.95. The van der Waals surface area contributed by atoms with Gasteiger partial charge in [-0.05, 0) is 25.2 Å². The molecular weight excluding hydrogens is 310 g/mol. The van der Waals surface area contributed by atoms with Crippen molar-refractivity contribution in [3.8, 4) is 0 Å². The van der Waals surface area contributed by atoms with E-state index >= 15 is 0 Å². The molecule has 100 valence electrons. The molecule has 1 unspecified atom stereocenters. The van der Waals surface area contributed by atoms with Gasteiger partial charge in [0.2, 0.25) is 5.91 Å². The largest absolute Gasteiger partial charge is 0.324 e. The van der Waals surface area contributed by atoms with Crippen molar-refractivity contribution in [3.05, 3.63) is 28.2 Å². The molecule has 1 aromatic rings. The summed E-state index contributed by atoms with van der Waals surface area (Å²) in [6, 6.07) is 4.94. The van der Waals surface area contributed by atoms with E-state index in [2.05, 4.69) is 26.1 Å². The van der Waals surface area contributed by atoms with Gasteiger partial charge in [-0.3, -0.25) is 9.59 Å². The fraction of sp³-hybridized carbons (Fsp3) is 0.385. The molecule has 0 radical (unpaired) electrons. The Morgan fingerprint density at radius 3 is 2.89 bits per heavy atom. The number of amides is 2. The lowest BCUT2D eigenvalue weighted by molar-refractivity contribution is -0.122. The van der Waals surface area contributed by atoms with Gasteiger partial charge >= 0.3 is 0 Å². The van der Waals surface area contributed by atoms with Gasteiger partial charge in [0.05, 0.1) is 11.3 Å². The molecule has 2 heterocycles. The topological polar surface area (TPSA) is 52.6 Å². The van der Waals surface area contributed by atoms with Crippen molar-refractivity contribution in [2.45, 2.75) is 6.04 Å². The minimum Gasteiger partial charge on any atom is -0.324 e. The number of piperazine rings is 1. The Hall–Kier alpha value is -1.40. The Bertz CT molecular complexity index is 561. The first-order valence-electron chi connectivity index (χ1n) is 6.16. The number of benzene rings is 1. The molecule has 1 fully saturated rings. The lowest BCUT2D eigenvalue weighted by Crippen LogP contribution is -2.57. The molecule has 2 aliphatic rings. The summed E-state index contributed by atoms with van der Waals surface area (Å²) in [5.74, 6) is -0.186. The maximum Gasteiger partial charge on any atom is 0.256 e. The van der Waals surface area contributed by atoms with Crippen molar-refractivity contribution < 1.29 is 9.59 Å². The Morgan fingerprint density at radius 1 is 1.32 bits per heavy atom. The normalized spacial score (nSPS) is 23.5. The molecule has 0 aliphatic carbocycles. The van der Waals surface area contributed by atoms with E-state index in [1.165, 1.54) is 0 Å². The summed E-state index contributed by atoms with van der Waals surface area (Å²) in [5.41, 5.74) is 1.14. The van der Waals surface area contributed by atoms with E-state index < -0.39 is 6.04 Å². The number of nitrogens with one attached hydrogen (secondary N) is 1. The summed E-state index contributed by atoms with van der Waals surface area (Å²) < 4.78 is 0.835. The van der Waals surface area contributed by atoms with Gasteiger partial charge in [-0.1, -0.05) is 15.9 Å². The third-order valence-corrected chi connectivity index (χ3v) is 4.11. The SMILES string of the molecule is CN1CCN2C(=O)c3cc(Br)ccc3NC(=O)C2C1. The first-order chi connectivity index (χ1) is 9.06. The molecule has 19 heavy (non-hydrogen) atoms. The number of halogens is 1. The van der Waals surface area contributed by atoms with Crippen LogP contribution in [0.2, 0.25) is 0 Å². The molecule has 0 saturated carbocycles. The summed E-state index contributed by atoms with van der Waals surface area (Å²) in [4.78, 5) is 28.6.